The van der Waals surface area contributed by atoms with E-state index in [9.17, 15) is 9.59 Å². The van der Waals surface area contributed by atoms with Crippen molar-refractivity contribution in [2.45, 2.75) is 40.2 Å². The number of carbonyl (C=O) groups is 2. The minimum Gasteiger partial charge on any atom is -0.490 e. The van der Waals surface area contributed by atoms with Crippen LogP contribution in [0.25, 0.3) is 0 Å². The molecular formula is C23H28N2O6. The van der Waals surface area contributed by atoms with E-state index in [0.717, 1.165) is 0 Å². The zero-order valence-electron chi connectivity index (χ0n) is 18.5. The van der Waals surface area contributed by atoms with E-state index in [1.807, 2.05) is 20.8 Å². The Labute approximate surface area is 181 Å². The molecule has 0 unspecified atom stereocenters. The van der Waals surface area contributed by atoms with E-state index in [2.05, 4.69) is 10.6 Å². The van der Waals surface area contributed by atoms with E-state index in [-0.39, 0.29) is 5.91 Å². The first-order valence-electron chi connectivity index (χ1n) is 10.3. The van der Waals surface area contributed by atoms with Crippen LogP contribution in [0.4, 0.5) is 11.4 Å². The molecule has 0 saturated carbocycles. The first kappa shape index (κ1) is 22.3. The Hall–Kier alpha value is -3.42. The third kappa shape index (κ3) is 4.68. The predicted molar refractivity (Wildman–Crippen MR) is 118 cm³/mol. The van der Waals surface area contributed by atoms with Crippen LogP contribution in [-0.2, 0) is 4.79 Å². The van der Waals surface area contributed by atoms with Crippen LogP contribution >= 0.6 is 0 Å². The number of nitrogens with one attached hydrogen (secondary N) is 2. The van der Waals surface area contributed by atoms with Crippen molar-refractivity contribution >= 4 is 23.2 Å². The van der Waals surface area contributed by atoms with Gasteiger partial charge in [-0.15, -0.1) is 0 Å². The van der Waals surface area contributed by atoms with Gasteiger partial charge < -0.3 is 29.6 Å². The van der Waals surface area contributed by atoms with E-state index in [1.54, 1.807) is 44.2 Å². The lowest BCUT2D eigenvalue weighted by Crippen LogP contribution is -2.45. The molecule has 2 N–H and O–H groups in total. The van der Waals surface area contributed by atoms with Crippen molar-refractivity contribution in [1.82, 2.24) is 0 Å². The normalized spacial score (nSPS) is 14.0. The van der Waals surface area contributed by atoms with Crippen molar-refractivity contribution < 1.29 is 28.5 Å². The maximum Gasteiger partial charge on any atom is 0.268 e. The summed E-state index contributed by atoms with van der Waals surface area (Å²) in [5.74, 6) is 1.11. The molecule has 2 aromatic rings. The molecule has 0 aromatic heterocycles. The number of anilines is 2. The molecule has 0 spiro atoms. The van der Waals surface area contributed by atoms with Gasteiger partial charge in [-0.05, 0) is 58.9 Å². The summed E-state index contributed by atoms with van der Waals surface area (Å²) in [5.41, 5.74) is 0.178. The molecule has 0 radical (unpaired) electrons. The minimum absolute atomic E-state index is 0.292. The summed E-state index contributed by atoms with van der Waals surface area (Å²) in [6, 6.07) is 8.40. The van der Waals surface area contributed by atoms with Gasteiger partial charge >= 0.3 is 0 Å². The maximum absolute atomic E-state index is 13.1. The molecule has 1 heterocycles. The second-order valence-electron chi connectivity index (χ2n) is 7.30. The second kappa shape index (κ2) is 9.16. The van der Waals surface area contributed by atoms with Gasteiger partial charge in [0, 0.05) is 5.56 Å². The molecule has 8 nitrogen and oxygen atoms in total. The Morgan fingerprint density at radius 2 is 1.65 bits per heavy atom. The van der Waals surface area contributed by atoms with Crippen LogP contribution < -0.4 is 29.6 Å². The molecule has 0 bridgehead atoms. The lowest BCUT2D eigenvalue weighted by atomic mass is 10.1. The van der Waals surface area contributed by atoms with Crippen LogP contribution in [0.2, 0.25) is 0 Å². The molecule has 1 aliphatic rings. The van der Waals surface area contributed by atoms with Crippen molar-refractivity contribution in [3.8, 4) is 23.0 Å². The second-order valence-corrected chi connectivity index (χ2v) is 7.30. The van der Waals surface area contributed by atoms with Gasteiger partial charge in [0.2, 0.25) is 5.75 Å². The molecule has 2 aromatic carbocycles. The van der Waals surface area contributed by atoms with Crippen molar-refractivity contribution in [3.63, 3.8) is 0 Å². The molecule has 31 heavy (non-hydrogen) atoms. The highest BCUT2D eigenvalue weighted by Crippen LogP contribution is 2.41. The average Bonchev–Trinajstić information content (AvgIpc) is 2.71. The number of para-hydroxylation sites is 1. The fourth-order valence-electron chi connectivity index (χ4n) is 3.15. The Kier molecular flexibility index (Phi) is 6.58. The van der Waals surface area contributed by atoms with E-state index in [0.29, 0.717) is 59.8 Å². The molecule has 1 aliphatic heterocycles. The molecule has 3 rings (SSSR count). The lowest BCUT2D eigenvalue weighted by molar-refractivity contribution is -0.129. The van der Waals surface area contributed by atoms with Crippen molar-refractivity contribution in [2.24, 2.45) is 0 Å². The fourth-order valence-corrected chi connectivity index (χ4v) is 3.15. The predicted octanol–water partition coefficient (Wildman–Crippen LogP) is 4.24. The molecule has 0 aliphatic carbocycles. The smallest absolute Gasteiger partial charge is 0.268 e. The number of ether oxygens (including phenoxy) is 4. The van der Waals surface area contributed by atoms with Gasteiger partial charge in [-0.2, -0.15) is 0 Å². The molecular weight excluding hydrogens is 400 g/mol. The highest BCUT2D eigenvalue weighted by atomic mass is 16.5. The Morgan fingerprint density at radius 3 is 2.23 bits per heavy atom. The van der Waals surface area contributed by atoms with Crippen LogP contribution in [0.3, 0.4) is 0 Å². The first-order valence-corrected chi connectivity index (χ1v) is 10.3. The largest absolute Gasteiger partial charge is 0.490 e. The van der Waals surface area contributed by atoms with Gasteiger partial charge in [0.15, 0.2) is 17.1 Å². The standard InChI is InChI=1S/C23H28N2O6/c1-6-28-17-12-14(13-18(29-7-2)20(17)30-8-3)21(26)24-15-10-9-11-16-19(15)25-22(27)23(4,5)31-16/h9-13H,6-8H2,1-5H3,(H,24,26)(H,25,27). The van der Waals surface area contributed by atoms with Crippen LogP contribution in [0.15, 0.2) is 30.3 Å². The molecule has 2 amide bonds. The van der Waals surface area contributed by atoms with Crippen LogP contribution in [-0.4, -0.2) is 37.2 Å². The summed E-state index contributed by atoms with van der Waals surface area (Å²) in [6.07, 6.45) is 0. The van der Waals surface area contributed by atoms with Crippen LogP contribution in [0.1, 0.15) is 45.0 Å². The number of rotatable bonds is 8. The Bertz CT molecular complexity index is 959. The molecule has 166 valence electrons. The van der Waals surface area contributed by atoms with E-state index in [4.69, 9.17) is 18.9 Å². The maximum atomic E-state index is 13.1. The number of carbonyl (C=O) groups excluding carboxylic acids is 2. The van der Waals surface area contributed by atoms with Gasteiger partial charge in [0.1, 0.15) is 11.4 Å². The molecule has 0 atom stereocenters. The lowest BCUT2D eigenvalue weighted by Gasteiger charge is -2.32. The Morgan fingerprint density at radius 1 is 1.03 bits per heavy atom. The number of amides is 2. The van der Waals surface area contributed by atoms with E-state index in [1.165, 1.54) is 0 Å². The summed E-state index contributed by atoms with van der Waals surface area (Å²) in [7, 11) is 0. The van der Waals surface area contributed by atoms with Gasteiger partial charge in [0.25, 0.3) is 11.8 Å². The SMILES string of the molecule is CCOc1cc(C(=O)Nc2cccc3c2NC(=O)C(C)(C)O3)cc(OCC)c1OCC. The van der Waals surface area contributed by atoms with Crippen molar-refractivity contribution in [1.29, 1.82) is 0 Å². The quantitative estimate of drug-likeness (QED) is 0.653. The molecule has 8 heteroatoms. The number of fused-ring (bicyclic) bond motifs is 1. The highest BCUT2D eigenvalue weighted by Gasteiger charge is 2.36. The van der Waals surface area contributed by atoms with Gasteiger partial charge in [0.05, 0.1) is 25.5 Å². The first-order chi connectivity index (χ1) is 14.8. The number of benzene rings is 2. The van der Waals surface area contributed by atoms with Gasteiger partial charge in [-0.25, -0.2) is 0 Å². The summed E-state index contributed by atoms with van der Waals surface area (Å²) >= 11 is 0. The zero-order chi connectivity index (χ0) is 22.6. The molecule has 0 fully saturated rings. The zero-order valence-corrected chi connectivity index (χ0v) is 18.5. The summed E-state index contributed by atoms with van der Waals surface area (Å²) in [4.78, 5) is 25.4. The van der Waals surface area contributed by atoms with Crippen molar-refractivity contribution in [2.75, 3.05) is 30.5 Å². The van der Waals surface area contributed by atoms with Crippen LogP contribution in [0, 0.1) is 0 Å². The number of hydrogen-bond acceptors (Lipinski definition) is 6. The molecule has 0 saturated heterocycles. The summed E-state index contributed by atoms with van der Waals surface area (Å²) < 4.78 is 22.8. The summed E-state index contributed by atoms with van der Waals surface area (Å²) in [5, 5.41) is 5.66. The Balaban J connectivity index is 1.95. The third-order valence-electron chi connectivity index (χ3n) is 4.60. The van der Waals surface area contributed by atoms with Crippen molar-refractivity contribution in [3.05, 3.63) is 35.9 Å². The van der Waals surface area contributed by atoms with E-state index < -0.39 is 11.5 Å². The number of hydrogen-bond donors (Lipinski definition) is 2. The van der Waals surface area contributed by atoms with Gasteiger partial charge in [-0.3, -0.25) is 9.59 Å². The highest BCUT2D eigenvalue weighted by molar-refractivity contribution is 6.10. The third-order valence-corrected chi connectivity index (χ3v) is 4.60. The topological polar surface area (TPSA) is 95.1 Å². The summed E-state index contributed by atoms with van der Waals surface area (Å²) in [6.45, 7) is 10.2. The fraction of sp³-hybridized carbons (Fsp3) is 0.391. The van der Waals surface area contributed by atoms with Gasteiger partial charge in [-0.1, -0.05) is 6.07 Å². The average molecular weight is 428 g/mol. The monoisotopic (exact) mass is 428 g/mol. The minimum atomic E-state index is -0.997. The van der Waals surface area contributed by atoms with Crippen LogP contribution in [0.5, 0.6) is 23.0 Å². The van der Waals surface area contributed by atoms with E-state index >= 15 is 0 Å².